The molecule has 0 radical (unpaired) electrons. The van der Waals surface area contributed by atoms with E-state index in [1.807, 2.05) is 0 Å². The molecule has 2 aromatic heterocycles. The number of nitrogens with one attached hydrogen (secondary N) is 3. The molecule has 0 aliphatic heterocycles. The Balaban J connectivity index is 2.45. The molecule has 3 N–H and O–H groups in total. The number of carbonyl (C=O) groups is 1. The van der Waals surface area contributed by atoms with Crippen molar-refractivity contribution in [2.45, 2.75) is 0 Å². The second-order valence-electron chi connectivity index (χ2n) is 2.77. The highest BCUT2D eigenvalue weighted by Crippen LogP contribution is 2.05. The Morgan fingerprint density at radius 2 is 2.40 bits per heavy atom. The fraction of sp³-hybridized carbons (Fsp3) is 0.125. The maximum atomic E-state index is 11.4. The highest BCUT2D eigenvalue weighted by molar-refractivity contribution is 5.84. The van der Waals surface area contributed by atoms with Gasteiger partial charge in [0.15, 0.2) is 0 Å². The van der Waals surface area contributed by atoms with Crippen LogP contribution in [0.1, 0.15) is 0 Å². The number of ether oxygens (including phenoxy) is 1. The second-order valence-corrected chi connectivity index (χ2v) is 2.77. The summed E-state index contributed by atoms with van der Waals surface area (Å²) in [5.74, 6) is 0.0546. The van der Waals surface area contributed by atoms with E-state index in [-0.39, 0.29) is 11.5 Å². The molecule has 0 bridgehead atoms. The number of nitrogens with zero attached hydrogens (tertiary/aromatic N) is 1. The maximum Gasteiger partial charge on any atom is 0.413 e. The first-order valence-electron chi connectivity index (χ1n) is 4.13. The molecule has 0 atom stereocenters. The van der Waals surface area contributed by atoms with Crippen molar-refractivity contribution in [2.24, 2.45) is 0 Å². The van der Waals surface area contributed by atoms with Crippen molar-refractivity contribution in [3.05, 3.63) is 22.6 Å². The minimum Gasteiger partial charge on any atom is -0.453 e. The lowest BCUT2D eigenvalue weighted by atomic mass is 10.4. The van der Waals surface area contributed by atoms with Gasteiger partial charge in [0.25, 0.3) is 5.56 Å². The lowest BCUT2D eigenvalue weighted by Crippen LogP contribution is -2.17. The Bertz CT molecular complexity index is 556. The van der Waals surface area contributed by atoms with E-state index in [9.17, 15) is 9.59 Å². The van der Waals surface area contributed by atoms with Gasteiger partial charge in [0.05, 0.1) is 12.6 Å². The molecule has 0 unspecified atom stereocenters. The maximum absolute atomic E-state index is 11.4. The van der Waals surface area contributed by atoms with Gasteiger partial charge in [-0.15, -0.1) is 0 Å². The zero-order valence-corrected chi connectivity index (χ0v) is 7.83. The second kappa shape index (κ2) is 3.45. The van der Waals surface area contributed by atoms with Crippen molar-refractivity contribution in [2.75, 3.05) is 12.4 Å². The molecule has 78 valence electrons. The molecule has 7 heteroatoms. The van der Waals surface area contributed by atoms with Gasteiger partial charge in [-0.1, -0.05) is 0 Å². The molecule has 15 heavy (non-hydrogen) atoms. The van der Waals surface area contributed by atoms with Crippen LogP contribution in [-0.4, -0.2) is 28.2 Å². The molecule has 2 heterocycles. The summed E-state index contributed by atoms with van der Waals surface area (Å²) in [6, 6.07) is 1.63. The highest BCUT2D eigenvalue weighted by atomic mass is 16.5. The largest absolute Gasteiger partial charge is 0.453 e. The first kappa shape index (κ1) is 9.25. The summed E-state index contributed by atoms with van der Waals surface area (Å²) in [6.45, 7) is 0. The lowest BCUT2D eigenvalue weighted by Gasteiger charge is -2.01. The molecule has 0 saturated carbocycles. The van der Waals surface area contributed by atoms with Crippen LogP contribution < -0.4 is 10.9 Å². The van der Waals surface area contributed by atoms with Gasteiger partial charge in [-0.05, 0) is 6.07 Å². The summed E-state index contributed by atoms with van der Waals surface area (Å²) < 4.78 is 4.37. The van der Waals surface area contributed by atoms with Gasteiger partial charge in [-0.3, -0.25) is 15.1 Å². The van der Waals surface area contributed by atoms with Crippen LogP contribution in [-0.2, 0) is 4.74 Å². The van der Waals surface area contributed by atoms with Gasteiger partial charge < -0.3 is 9.72 Å². The normalized spacial score (nSPS) is 10.2. The van der Waals surface area contributed by atoms with Crippen molar-refractivity contribution >= 4 is 23.1 Å². The van der Waals surface area contributed by atoms with E-state index >= 15 is 0 Å². The monoisotopic (exact) mass is 208 g/mol. The van der Waals surface area contributed by atoms with Gasteiger partial charge in [-0.2, -0.15) is 0 Å². The van der Waals surface area contributed by atoms with Crippen LogP contribution in [0.25, 0.3) is 11.0 Å². The van der Waals surface area contributed by atoms with Crippen LogP contribution in [0.5, 0.6) is 0 Å². The molecule has 0 saturated heterocycles. The third kappa shape index (κ3) is 1.66. The van der Waals surface area contributed by atoms with Gasteiger partial charge in [-0.25, -0.2) is 9.78 Å². The van der Waals surface area contributed by atoms with Gasteiger partial charge >= 0.3 is 6.09 Å². The fourth-order valence-electron chi connectivity index (χ4n) is 1.16. The molecule has 2 rings (SSSR count). The molecular formula is C8H8N4O3. The van der Waals surface area contributed by atoms with Crippen LogP contribution in [0.3, 0.4) is 0 Å². The first-order valence-corrected chi connectivity index (χ1v) is 4.13. The summed E-state index contributed by atoms with van der Waals surface area (Å²) in [5, 5.41) is 2.27. The van der Waals surface area contributed by atoms with Crippen LogP contribution in [0.4, 0.5) is 10.7 Å². The van der Waals surface area contributed by atoms with Crippen LogP contribution in [0.2, 0.25) is 0 Å². The summed E-state index contributed by atoms with van der Waals surface area (Å²) in [5.41, 5.74) is 0.493. The van der Waals surface area contributed by atoms with Crippen LogP contribution in [0.15, 0.2) is 17.1 Å². The Kier molecular flexibility index (Phi) is 2.13. The fourth-order valence-corrected chi connectivity index (χ4v) is 1.16. The van der Waals surface area contributed by atoms with E-state index in [0.29, 0.717) is 11.0 Å². The molecule has 0 aliphatic rings. The zero-order valence-electron chi connectivity index (χ0n) is 7.83. The van der Waals surface area contributed by atoms with Crippen molar-refractivity contribution < 1.29 is 9.53 Å². The number of hydrogen-bond acceptors (Lipinski definition) is 4. The highest BCUT2D eigenvalue weighted by Gasteiger charge is 2.06. The van der Waals surface area contributed by atoms with E-state index in [1.165, 1.54) is 7.11 Å². The van der Waals surface area contributed by atoms with E-state index in [4.69, 9.17) is 0 Å². The minimum absolute atomic E-state index is 0.0546. The first-order chi connectivity index (χ1) is 7.20. The number of carbonyl (C=O) groups excluding carboxylic acids is 1. The van der Waals surface area contributed by atoms with E-state index in [2.05, 4.69) is 25.0 Å². The van der Waals surface area contributed by atoms with Crippen molar-refractivity contribution in [3.63, 3.8) is 0 Å². The number of hydrogen-bond donors (Lipinski definition) is 3. The number of methoxy groups -OCH3 is 1. The topological polar surface area (TPSA) is 99.9 Å². The Morgan fingerprint density at radius 3 is 3.13 bits per heavy atom. The van der Waals surface area contributed by atoms with Crippen LogP contribution >= 0.6 is 0 Å². The van der Waals surface area contributed by atoms with Crippen molar-refractivity contribution in [1.82, 2.24) is 15.0 Å². The Morgan fingerprint density at radius 1 is 1.60 bits per heavy atom. The summed E-state index contributed by atoms with van der Waals surface area (Å²) in [4.78, 5) is 31.4. The molecule has 7 nitrogen and oxygen atoms in total. The number of anilines is 1. The van der Waals surface area contributed by atoms with Crippen molar-refractivity contribution in [1.29, 1.82) is 0 Å². The third-order valence-corrected chi connectivity index (χ3v) is 1.82. The number of fused-ring (bicyclic) bond motifs is 1. The zero-order chi connectivity index (χ0) is 10.8. The molecular weight excluding hydrogens is 200 g/mol. The average Bonchev–Trinajstić information content (AvgIpc) is 2.66. The SMILES string of the molecule is COC(=O)Nc1nc2cc[nH]c2c(=O)[nH]1. The molecule has 0 fully saturated rings. The number of rotatable bonds is 1. The van der Waals surface area contributed by atoms with Gasteiger partial charge in [0.1, 0.15) is 5.52 Å². The smallest absolute Gasteiger partial charge is 0.413 e. The Labute approximate surface area is 83.5 Å². The van der Waals surface area contributed by atoms with Gasteiger partial charge in [0, 0.05) is 6.20 Å². The average molecular weight is 208 g/mol. The molecule has 0 aliphatic carbocycles. The summed E-state index contributed by atoms with van der Waals surface area (Å²) in [7, 11) is 1.22. The van der Waals surface area contributed by atoms with E-state index in [1.54, 1.807) is 12.3 Å². The third-order valence-electron chi connectivity index (χ3n) is 1.82. The number of aromatic nitrogens is 3. The predicted octanol–water partition coefficient (Wildman–Crippen LogP) is 0.429. The lowest BCUT2D eigenvalue weighted by molar-refractivity contribution is 0.186. The standard InChI is InChI=1S/C8H8N4O3/c1-15-8(14)12-7-10-4-2-3-9-5(4)6(13)11-7/h2-3,9H,1H3,(H2,10,11,12,13,14). The van der Waals surface area contributed by atoms with Crippen LogP contribution in [0, 0.1) is 0 Å². The summed E-state index contributed by atoms with van der Waals surface area (Å²) in [6.07, 6.45) is 0.905. The number of amides is 1. The number of aromatic amines is 2. The number of H-pyrrole nitrogens is 2. The summed E-state index contributed by atoms with van der Waals surface area (Å²) >= 11 is 0. The molecule has 0 spiro atoms. The van der Waals surface area contributed by atoms with Gasteiger partial charge in [0.2, 0.25) is 5.95 Å². The predicted molar refractivity (Wildman–Crippen MR) is 52.7 cm³/mol. The molecule has 1 amide bonds. The quantitative estimate of drug-likeness (QED) is 0.632. The van der Waals surface area contributed by atoms with E-state index in [0.717, 1.165) is 0 Å². The Hall–Kier alpha value is -2.31. The molecule has 2 aromatic rings. The van der Waals surface area contributed by atoms with Crippen molar-refractivity contribution in [3.8, 4) is 0 Å². The van der Waals surface area contributed by atoms with E-state index < -0.39 is 6.09 Å². The minimum atomic E-state index is -0.687. The molecule has 0 aromatic carbocycles.